The van der Waals surface area contributed by atoms with Crippen LogP contribution >= 0.6 is 0 Å². The van der Waals surface area contributed by atoms with E-state index in [-0.39, 0.29) is 29.4 Å². The van der Waals surface area contributed by atoms with Crippen LogP contribution in [0.5, 0.6) is 5.75 Å². The van der Waals surface area contributed by atoms with E-state index in [1.807, 2.05) is 35.2 Å². The fourth-order valence-electron chi connectivity index (χ4n) is 3.50. The summed E-state index contributed by atoms with van der Waals surface area (Å²) in [4.78, 5) is 26.9. The van der Waals surface area contributed by atoms with Gasteiger partial charge >= 0.3 is 0 Å². The van der Waals surface area contributed by atoms with Crippen LogP contribution in [0.1, 0.15) is 37.7 Å². The van der Waals surface area contributed by atoms with Gasteiger partial charge in [-0.1, -0.05) is 49.4 Å². The van der Waals surface area contributed by atoms with E-state index < -0.39 is 0 Å². The molecular formula is C22H26N2O3. The quantitative estimate of drug-likeness (QED) is 0.792. The first-order valence-electron chi connectivity index (χ1n) is 9.46. The molecule has 0 aromatic heterocycles. The van der Waals surface area contributed by atoms with Crippen LogP contribution in [0.4, 0.5) is 5.69 Å². The largest absolute Gasteiger partial charge is 0.506 e. The lowest BCUT2D eigenvalue weighted by atomic mass is 9.93. The highest BCUT2D eigenvalue weighted by molar-refractivity contribution is 5.94. The number of nitrogens with one attached hydrogen (secondary N) is 1. The smallest absolute Gasteiger partial charge is 0.227 e. The fourth-order valence-corrected chi connectivity index (χ4v) is 3.50. The van der Waals surface area contributed by atoms with Crippen molar-refractivity contribution in [3.63, 3.8) is 0 Å². The Kier molecular flexibility index (Phi) is 6.12. The third-order valence-corrected chi connectivity index (χ3v) is 5.23. The molecule has 0 saturated carbocycles. The van der Waals surface area contributed by atoms with Gasteiger partial charge in [-0.2, -0.15) is 0 Å². The van der Waals surface area contributed by atoms with Gasteiger partial charge in [-0.3, -0.25) is 9.59 Å². The molecule has 2 aromatic carbocycles. The lowest BCUT2D eigenvalue weighted by molar-refractivity contribution is -0.134. The van der Waals surface area contributed by atoms with E-state index in [0.717, 1.165) is 0 Å². The van der Waals surface area contributed by atoms with Gasteiger partial charge in [0, 0.05) is 25.4 Å². The number of phenolic OH excluding ortho intramolecular Hbond substituents is 1. The van der Waals surface area contributed by atoms with Gasteiger partial charge in [-0.05, 0) is 36.5 Å². The summed E-state index contributed by atoms with van der Waals surface area (Å²) in [7, 11) is 0. The molecule has 0 unspecified atom stereocenters. The van der Waals surface area contributed by atoms with Crippen molar-refractivity contribution in [1.82, 2.24) is 4.90 Å². The Balaban J connectivity index is 1.49. The Morgan fingerprint density at radius 2 is 1.70 bits per heavy atom. The molecule has 1 atom stereocenters. The molecule has 5 heteroatoms. The average Bonchev–Trinajstić information content (AvgIpc) is 2.70. The highest BCUT2D eigenvalue weighted by atomic mass is 16.3. The van der Waals surface area contributed by atoms with Crippen LogP contribution in [-0.2, 0) is 9.59 Å². The molecule has 0 bridgehead atoms. The van der Waals surface area contributed by atoms with Crippen molar-refractivity contribution in [3.8, 4) is 5.75 Å². The van der Waals surface area contributed by atoms with E-state index in [4.69, 9.17) is 0 Å². The zero-order chi connectivity index (χ0) is 19.2. The van der Waals surface area contributed by atoms with Crippen molar-refractivity contribution in [2.24, 2.45) is 5.92 Å². The zero-order valence-electron chi connectivity index (χ0n) is 15.6. The maximum atomic E-state index is 12.6. The molecule has 5 nitrogen and oxygen atoms in total. The number of benzene rings is 2. The van der Waals surface area contributed by atoms with Gasteiger partial charge in [0.2, 0.25) is 11.8 Å². The molecule has 1 aliphatic heterocycles. The lowest BCUT2D eigenvalue weighted by Gasteiger charge is -2.32. The van der Waals surface area contributed by atoms with Crippen LogP contribution in [0.15, 0.2) is 54.6 Å². The number of anilines is 1. The number of para-hydroxylation sites is 2. The van der Waals surface area contributed by atoms with E-state index in [0.29, 0.717) is 38.0 Å². The molecule has 1 fully saturated rings. The minimum absolute atomic E-state index is 0.0633. The Morgan fingerprint density at radius 1 is 1.07 bits per heavy atom. The second kappa shape index (κ2) is 8.71. The fraction of sp³-hybridized carbons (Fsp3) is 0.364. The summed E-state index contributed by atoms with van der Waals surface area (Å²) in [6.45, 7) is 3.26. The Bertz CT molecular complexity index is 783. The van der Waals surface area contributed by atoms with Crippen LogP contribution in [0, 0.1) is 5.92 Å². The van der Waals surface area contributed by atoms with Crippen molar-refractivity contribution in [1.29, 1.82) is 0 Å². The van der Waals surface area contributed by atoms with Crippen LogP contribution < -0.4 is 5.32 Å². The van der Waals surface area contributed by atoms with E-state index in [2.05, 4.69) is 12.2 Å². The first kappa shape index (κ1) is 19.0. The normalized spacial score (nSPS) is 16.0. The van der Waals surface area contributed by atoms with E-state index >= 15 is 0 Å². The predicted molar refractivity (Wildman–Crippen MR) is 106 cm³/mol. The second-order valence-corrected chi connectivity index (χ2v) is 7.18. The number of nitrogens with zero attached hydrogens (tertiary/aromatic N) is 1. The monoisotopic (exact) mass is 366 g/mol. The zero-order valence-corrected chi connectivity index (χ0v) is 15.6. The minimum Gasteiger partial charge on any atom is -0.506 e. The van der Waals surface area contributed by atoms with Crippen LogP contribution in [0.3, 0.4) is 0 Å². The highest BCUT2D eigenvalue weighted by Gasteiger charge is 2.28. The van der Waals surface area contributed by atoms with Crippen LogP contribution in [0.2, 0.25) is 0 Å². The van der Waals surface area contributed by atoms with Gasteiger partial charge < -0.3 is 15.3 Å². The molecular weight excluding hydrogens is 340 g/mol. The van der Waals surface area contributed by atoms with Crippen molar-refractivity contribution in [2.75, 3.05) is 18.4 Å². The number of piperidine rings is 1. The maximum Gasteiger partial charge on any atom is 0.227 e. The number of phenols is 1. The molecule has 0 aliphatic carbocycles. The Labute approximate surface area is 160 Å². The molecule has 2 amide bonds. The number of aromatic hydroxyl groups is 1. The Hall–Kier alpha value is -2.82. The van der Waals surface area contributed by atoms with Crippen LogP contribution in [-0.4, -0.2) is 34.9 Å². The number of hydrogen-bond acceptors (Lipinski definition) is 3. The third-order valence-electron chi connectivity index (χ3n) is 5.23. The topological polar surface area (TPSA) is 69.6 Å². The minimum atomic E-state index is -0.139. The molecule has 3 rings (SSSR count). The summed E-state index contributed by atoms with van der Waals surface area (Å²) >= 11 is 0. The van der Waals surface area contributed by atoms with Crippen molar-refractivity contribution < 1.29 is 14.7 Å². The molecule has 27 heavy (non-hydrogen) atoms. The SMILES string of the molecule is C[C@@H](CC(=O)N1CCC(C(=O)Nc2ccccc2O)CC1)c1ccccc1. The summed E-state index contributed by atoms with van der Waals surface area (Å²) in [6.07, 6.45) is 1.77. The summed E-state index contributed by atoms with van der Waals surface area (Å²) in [5.74, 6) is 0.154. The van der Waals surface area contributed by atoms with Gasteiger partial charge in [0.05, 0.1) is 5.69 Å². The molecule has 2 N–H and O–H groups in total. The van der Waals surface area contributed by atoms with E-state index in [1.165, 1.54) is 5.56 Å². The lowest BCUT2D eigenvalue weighted by Crippen LogP contribution is -2.41. The standard InChI is InChI=1S/C22H26N2O3/c1-16(17-7-3-2-4-8-17)15-21(26)24-13-11-18(12-14-24)22(27)23-19-9-5-6-10-20(19)25/h2-10,16,18,25H,11-15H2,1H3,(H,23,27)/t16-/m0/s1. The molecule has 1 aliphatic rings. The first-order valence-corrected chi connectivity index (χ1v) is 9.46. The van der Waals surface area contributed by atoms with Gasteiger partial charge in [0.1, 0.15) is 5.75 Å². The summed E-state index contributed by atoms with van der Waals surface area (Å²) in [5.41, 5.74) is 1.60. The molecule has 0 radical (unpaired) electrons. The van der Waals surface area contributed by atoms with Gasteiger partial charge in [0.25, 0.3) is 0 Å². The highest BCUT2D eigenvalue weighted by Crippen LogP contribution is 2.26. The van der Waals surface area contributed by atoms with Crippen molar-refractivity contribution in [2.45, 2.75) is 32.1 Å². The van der Waals surface area contributed by atoms with Gasteiger partial charge in [-0.25, -0.2) is 0 Å². The number of carbonyl (C=O) groups excluding carboxylic acids is 2. The van der Waals surface area contributed by atoms with Crippen molar-refractivity contribution in [3.05, 3.63) is 60.2 Å². The van der Waals surface area contributed by atoms with Gasteiger partial charge in [-0.15, -0.1) is 0 Å². The number of amides is 2. The molecule has 1 saturated heterocycles. The van der Waals surface area contributed by atoms with Crippen molar-refractivity contribution >= 4 is 17.5 Å². The number of likely N-dealkylation sites (tertiary alicyclic amines) is 1. The number of hydrogen-bond donors (Lipinski definition) is 2. The van der Waals surface area contributed by atoms with Gasteiger partial charge in [0.15, 0.2) is 0 Å². The van der Waals surface area contributed by atoms with E-state index in [1.54, 1.807) is 24.3 Å². The molecule has 1 heterocycles. The average molecular weight is 366 g/mol. The molecule has 0 spiro atoms. The molecule has 142 valence electrons. The predicted octanol–water partition coefficient (Wildman–Crippen LogP) is 3.76. The van der Waals surface area contributed by atoms with Crippen LogP contribution in [0.25, 0.3) is 0 Å². The van der Waals surface area contributed by atoms with E-state index in [9.17, 15) is 14.7 Å². The third kappa shape index (κ3) is 4.88. The molecule has 2 aromatic rings. The summed E-state index contributed by atoms with van der Waals surface area (Å²) in [6, 6.07) is 16.8. The number of rotatable bonds is 5. The summed E-state index contributed by atoms with van der Waals surface area (Å²) in [5, 5.41) is 12.6. The summed E-state index contributed by atoms with van der Waals surface area (Å²) < 4.78 is 0. The second-order valence-electron chi connectivity index (χ2n) is 7.18. The number of carbonyl (C=O) groups is 2. The maximum absolute atomic E-state index is 12.6. The Morgan fingerprint density at radius 3 is 2.37 bits per heavy atom. The first-order chi connectivity index (χ1) is 13.0.